The van der Waals surface area contributed by atoms with E-state index in [1.54, 1.807) is 6.08 Å². The molecule has 2 rings (SSSR count). The van der Waals surface area contributed by atoms with Crippen LogP contribution in [0.1, 0.15) is 33.3 Å². The Balaban J connectivity index is 2.33. The second kappa shape index (κ2) is 5.75. The van der Waals surface area contributed by atoms with Crippen LogP contribution in [0.15, 0.2) is 22.8 Å². The Bertz CT molecular complexity index is 579. The summed E-state index contributed by atoms with van der Waals surface area (Å²) in [5.41, 5.74) is 0.333. The Morgan fingerprint density at radius 3 is 2.52 bits per heavy atom. The average molecular weight is 291 g/mol. The zero-order chi connectivity index (χ0) is 15.7. The molecular weight excluding hydrogens is 269 g/mol. The third-order valence-corrected chi connectivity index (χ3v) is 4.02. The molecule has 21 heavy (non-hydrogen) atoms. The summed E-state index contributed by atoms with van der Waals surface area (Å²) < 4.78 is 12.1. The fourth-order valence-electron chi connectivity index (χ4n) is 2.06. The first-order valence-corrected chi connectivity index (χ1v) is 7.00. The fraction of sp³-hybridized carbons (Fsp3) is 0.571. The molecule has 0 saturated carbocycles. The molecule has 0 atom stereocenters. The lowest BCUT2D eigenvalue weighted by Gasteiger charge is -2.32. The van der Waals surface area contributed by atoms with Gasteiger partial charge in [0.15, 0.2) is 0 Å². The van der Waals surface area contributed by atoms with Crippen molar-refractivity contribution in [3.05, 3.63) is 33.9 Å². The third-order valence-electron chi connectivity index (χ3n) is 4.02. The van der Waals surface area contributed by atoms with Crippen molar-refractivity contribution >= 4 is 13.2 Å². The maximum atomic E-state index is 11.8. The molecule has 2 heterocycles. The number of nitrogens with one attached hydrogen (secondary N) is 2. The predicted octanol–water partition coefficient (Wildman–Crippen LogP) is 1.00. The summed E-state index contributed by atoms with van der Waals surface area (Å²) in [4.78, 5) is 18.3. The molecule has 0 radical (unpaired) electrons. The van der Waals surface area contributed by atoms with E-state index in [0.29, 0.717) is 12.1 Å². The van der Waals surface area contributed by atoms with Crippen molar-refractivity contribution in [2.24, 2.45) is 0 Å². The van der Waals surface area contributed by atoms with Gasteiger partial charge < -0.3 is 19.6 Å². The standard InChI is InChI=1S/C14H22BN3O3/c1-13(2)14(3,4)21-15(20-13)11(8-16-5)6-10-7-17-9-18-12(10)19/h6-7,9,16H,8H2,1-5H3,(H,17,18,19). The first-order chi connectivity index (χ1) is 9.77. The third kappa shape index (κ3) is 3.25. The number of likely N-dealkylation sites (N-methyl/N-ethyl adjacent to an activating group) is 1. The maximum absolute atomic E-state index is 11.8. The lowest BCUT2D eigenvalue weighted by molar-refractivity contribution is 0.00578. The second-order valence-electron chi connectivity index (χ2n) is 6.17. The van der Waals surface area contributed by atoms with Gasteiger partial charge in [0.2, 0.25) is 0 Å². The molecule has 7 heteroatoms. The van der Waals surface area contributed by atoms with Crippen LogP contribution < -0.4 is 10.9 Å². The predicted molar refractivity (Wildman–Crippen MR) is 82.8 cm³/mol. The molecule has 1 aromatic rings. The molecule has 1 aromatic heterocycles. The minimum absolute atomic E-state index is 0.185. The molecule has 2 N–H and O–H groups in total. The first-order valence-electron chi connectivity index (χ1n) is 7.00. The van der Waals surface area contributed by atoms with Crippen LogP contribution in [0.4, 0.5) is 0 Å². The SMILES string of the molecule is CNCC(=Cc1cnc[nH]c1=O)B1OC(C)(C)C(C)(C)O1. The number of H-pyrrole nitrogens is 1. The van der Waals surface area contributed by atoms with E-state index < -0.39 is 18.3 Å². The Hall–Kier alpha value is -1.44. The highest BCUT2D eigenvalue weighted by Gasteiger charge is 2.52. The molecule has 0 aromatic carbocycles. The summed E-state index contributed by atoms with van der Waals surface area (Å²) >= 11 is 0. The van der Waals surface area contributed by atoms with Gasteiger partial charge in [0.1, 0.15) is 0 Å². The van der Waals surface area contributed by atoms with Crippen molar-refractivity contribution in [3.63, 3.8) is 0 Å². The fourth-order valence-corrected chi connectivity index (χ4v) is 2.06. The number of hydrogen-bond acceptors (Lipinski definition) is 5. The quantitative estimate of drug-likeness (QED) is 0.810. The summed E-state index contributed by atoms with van der Waals surface area (Å²) in [6.07, 6.45) is 4.66. The smallest absolute Gasteiger partial charge is 0.400 e. The van der Waals surface area contributed by atoms with Crippen LogP contribution in [0.3, 0.4) is 0 Å². The van der Waals surface area contributed by atoms with Crippen LogP contribution in [-0.2, 0) is 9.31 Å². The Morgan fingerprint density at radius 2 is 2.00 bits per heavy atom. The largest absolute Gasteiger partial charge is 0.491 e. The highest BCUT2D eigenvalue weighted by Crippen LogP contribution is 2.38. The van der Waals surface area contributed by atoms with Gasteiger partial charge in [-0.25, -0.2) is 4.98 Å². The number of nitrogens with zero attached hydrogens (tertiary/aromatic N) is 1. The minimum atomic E-state index is -0.484. The van der Waals surface area contributed by atoms with Crippen LogP contribution >= 0.6 is 0 Å². The van der Waals surface area contributed by atoms with Gasteiger partial charge in [-0.15, -0.1) is 0 Å². The summed E-state index contributed by atoms with van der Waals surface area (Å²) in [5, 5.41) is 3.08. The zero-order valence-electron chi connectivity index (χ0n) is 13.2. The van der Waals surface area contributed by atoms with Gasteiger partial charge in [-0.2, -0.15) is 0 Å². The maximum Gasteiger partial charge on any atom is 0.491 e. The highest BCUT2D eigenvalue weighted by atomic mass is 16.7. The van der Waals surface area contributed by atoms with Crippen LogP contribution in [0.2, 0.25) is 0 Å². The zero-order valence-corrected chi connectivity index (χ0v) is 13.2. The van der Waals surface area contributed by atoms with E-state index in [1.165, 1.54) is 12.5 Å². The van der Waals surface area contributed by atoms with E-state index in [9.17, 15) is 4.79 Å². The van der Waals surface area contributed by atoms with Gasteiger partial charge in [-0.3, -0.25) is 4.79 Å². The molecule has 1 fully saturated rings. The average Bonchev–Trinajstić information content (AvgIpc) is 2.60. The number of aromatic amines is 1. The van der Waals surface area contributed by atoms with Crippen LogP contribution in [0.5, 0.6) is 0 Å². The summed E-state index contributed by atoms with van der Waals surface area (Å²) in [5.74, 6) is 0. The minimum Gasteiger partial charge on any atom is -0.400 e. The van der Waals surface area contributed by atoms with Crippen LogP contribution in [0.25, 0.3) is 6.08 Å². The summed E-state index contributed by atoms with van der Waals surface area (Å²) in [7, 11) is 1.36. The van der Waals surface area contributed by atoms with Crippen molar-refractivity contribution in [2.45, 2.75) is 38.9 Å². The Kier molecular flexibility index (Phi) is 4.36. The van der Waals surface area contributed by atoms with E-state index in [-0.39, 0.29) is 5.56 Å². The van der Waals surface area contributed by atoms with Gasteiger partial charge in [0, 0.05) is 12.7 Å². The van der Waals surface area contributed by atoms with E-state index in [4.69, 9.17) is 9.31 Å². The second-order valence-corrected chi connectivity index (χ2v) is 6.17. The van der Waals surface area contributed by atoms with Crippen LogP contribution in [0, 0.1) is 0 Å². The van der Waals surface area contributed by atoms with Crippen molar-refractivity contribution in [1.29, 1.82) is 0 Å². The van der Waals surface area contributed by atoms with E-state index in [0.717, 1.165) is 5.47 Å². The number of rotatable bonds is 4. The highest BCUT2D eigenvalue weighted by molar-refractivity contribution is 6.55. The number of hydrogen-bond donors (Lipinski definition) is 2. The van der Waals surface area contributed by atoms with Gasteiger partial charge in [0.05, 0.1) is 23.1 Å². The summed E-state index contributed by atoms with van der Waals surface area (Å²) in [6.45, 7) is 8.56. The van der Waals surface area contributed by atoms with Gasteiger partial charge >= 0.3 is 7.12 Å². The lowest BCUT2D eigenvalue weighted by atomic mass is 9.77. The molecule has 1 aliphatic rings. The normalized spacial score (nSPS) is 20.8. The molecule has 0 spiro atoms. The van der Waals surface area contributed by atoms with Gasteiger partial charge in [-0.05, 0) is 40.2 Å². The Labute approximate surface area is 125 Å². The molecule has 0 aliphatic carbocycles. The van der Waals surface area contributed by atoms with Crippen LogP contribution in [-0.4, -0.2) is 41.9 Å². The molecule has 114 valence electrons. The van der Waals surface area contributed by atoms with E-state index >= 15 is 0 Å². The van der Waals surface area contributed by atoms with Crippen molar-refractivity contribution in [2.75, 3.05) is 13.6 Å². The molecule has 6 nitrogen and oxygen atoms in total. The summed E-state index contributed by atoms with van der Waals surface area (Å²) in [6, 6.07) is 0. The molecular formula is C14H22BN3O3. The topological polar surface area (TPSA) is 76.2 Å². The van der Waals surface area contributed by atoms with Gasteiger partial charge in [-0.1, -0.05) is 6.08 Å². The molecule has 1 saturated heterocycles. The van der Waals surface area contributed by atoms with Gasteiger partial charge in [0.25, 0.3) is 5.56 Å². The van der Waals surface area contributed by atoms with Crippen molar-refractivity contribution < 1.29 is 9.31 Å². The molecule has 1 aliphatic heterocycles. The van der Waals surface area contributed by atoms with Crippen molar-refractivity contribution in [3.8, 4) is 0 Å². The van der Waals surface area contributed by atoms with Crippen molar-refractivity contribution in [1.82, 2.24) is 15.3 Å². The van der Waals surface area contributed by atoms with E-state index in [2.05, 4.69) is 15.3 Å². The Morgan fingerprint density at radius 1 is 1.38 bits per heavy atom. The molecule has 0 unspecified atom stereocenters. The molecule has 0 amide bonds. The molecule has 0 bridgehead atoms. The number of aromatic nitrogens is 2. The first kappa shape index (κ1) is 15.9. The van der Waals surface area contributed by atoms with E-state index in [1.807, 2.05) is 34.7 Å². The lowest BCUT2D eigenvalue weighted by Crippen LogP contribution is -2.41. The monoisotopic (exact) mass is 291 g/mol.